The second kappa shape index (κ2) is 18.8. The molecule has 2 amide bonds. The number of carbonyl (C=O) groups excluding carboxylic acids is 2. The van der Waals surface area contributed by atoms with Crippen LogP contribution in [0.25, 0.3) is 33.6 Å². The molecule has 2 aromatic carbocycles. The number of halogens is 1. The zero-order chi connectivity index (χ0) is 44.0. The van der Waals surface area contributed by atoms with Crippen molar-refractivity contribution in [1.82, 2.24) is 39.5 Å². The van der Waals surface area contributed by atoms with Crippen molar-refractivity contribution in [2.24, 2.45) is 0 Å². The summed E-state index contributed by atoms with van der Waals surface area (Å²) >= 11 is 5.87. The summed E-state index contributed by atoms with van der Waals surface area (Å²) in [5.41, 5.74) is 4.51. The fourth-order valence-electron chi connectivity index (χ4n) is 7.33. The lowest BCUT2D eigenvalue weighted by Crippen LogP contribution is -2.55. The van der Waals surface area contributed by atoms with E-state index in [-0.39, 0.29) is 41.3 Å². The molecule has 8 rings (SSSR count). The third-order valence-corrected chi connectivity index (χ3v) is 10.5. The summed E-state index contributed by atoms with van der Waals surface area (Å²) in [6.07, 6.45) is 11.7. The van der Waals surface area contributed by atoms with Gasteiger partial charge in [-0.2, -0.15) is 15.2 Å². The van der Waals surface area contributed by atoms with Crippen LogP contribution in [0.3, 0.4) is 0 Å². The van der Waals surface area contributed by atoms with Crippen LogP contribution in [-0.4, -0.2) is 89.5 Å². The summed E-state index contributed by atoms with van der Waals surface area (Å²) in [7, 11) is 3.52. The largest absolute Gasteiger partial charge is 0.345 e. The number of fused-ring (bicyclic) bond motifs is 2. The van der Waals surface area contributed by atoms with Crippen molar-refractivity contribution < 1.29 is 9.59 Å². The van der Waals surface area contributed by atoms with E-state index in [4.69, 9.17) is 28.4 Å². The summed E-state index contributed by atoms with van der Waals surface area (Å²) in [5.74, 6) is 3.60. The van der Waals surface area contributed by atoms with E-state index in [9.17, 15) is 9.59 Å². The first kappa shape index (κ1) is 43.4. The van der Waals surface area contributed by atoms with Crippen LogP contribution >= 0.6 is 11.6 Å². The number of rotatable bonds is 7. The Bertz CT molecular complexity index is 2560. The first-order valence-electron chi connectivity index (χ1n) is 19.9. The van der Waals surface area contributed by atoms with E-state index in [2.05, 4.69) is 59.6 Å². The van der Waals surface area contributed by atoms with E-state index >= 15 is 0 Å². The molecule has 312 valence electrons. The Morgan fingerprint density at radius 2 is 1.34 bits per heavy atom. The molecule has 0 aliphatic carbocycles. The second-order valence-corrected chi connectivity index (χ2v) is 15.1. The van der Waals surface area contributed by atoms with Crippen LogP contribution in [-0.2, 0) is 9.59 Å². The fraction of sp³-hybridized carbons (Fsp3) is 0.318. The lowest BCUT2D eigenvalue weighted by molar-refractivity contribution is -0.120. The zero-order valence-corrected chi connectivity index (χ0v) is 36.1. The molecule has 0 fully saturated rings. The predicted octanol–water partition coefficient (Wildman–Crippen LogP) is 7.90. The second-order valence-electron chi connectivity index (χ2n) is 14.8. The highest BCUT2D eigenvalue weighted by Crippen LogP contribution is 2.37. The van der Waals surface area contributed by atoms with Gasteiger partial charge in [-0.3, -0.25) is 14.2 Å². The Morgan fingerprint density at radius 1 is 0.787 bits per heavy atom. The number of hydrogen-bond donors (Lipinski definition) is 1. The predicted molar refractivity (Wildman–Crippen MR) is 237 cm³/mol. The average molecular weight is 839 g/mol. The molecule has 2 atom stereocenters. The minimum absolute atomic E-state index is 0.0540. The SMILES string of the molecule is CC[C@@H]1C(=O)N(C)c2cnc(Cl)nc2N1C(C)C.N#Cc1ccc(-c2ncc[nH]2)cc1.[C-]#[N+]c1ccc(-c2nccn2-c2ncc3c(n2)N(C(C)C)[C@H](CC)C(=O)N3C)cc1. The molecule has 0 unspecified atom stereocenters. The van der Waals surface area contributed by atoms with Crippen molar-refractivity contribution in [1.29, 1.82) is 5.26 Å². The molecule has 2 aliphatic heterocycles. The van der Waals surface area contributed by atoms with Gasteiger partial charge in [-0.25, -0.2) is 24.8 Å². The number of H-pyrrole nitrogens is 1. The van der Waals surface area contributed by atoms with Gasteiger partial charge in [-0.05, 0) is 76.4 Å². The number of amides is 2. The van der Waals surface area contributed by atoms with Crippen LogP contribution in [0.1, 0.15) is 59.9 Å². The zero-order valence-electron chi connectivity index (χ0n) is 35.3. The summed E-state index contributed by atoms with van der Waals surface area (Å²) in [4.78, 5) is 65.1. The maximum atomic E-state index is 12.8. The van der Waals surface area contributed by atoms with Gasteiger partial charge in [-0.15, -0.1) is 0 Å². The lowest BCUT2D eigenvalue weighted by Gasteiger charge is -2.42. The normalized spacial score (nSPS) is 15.6. The molecule has 1 N–H and O–H groups in total. The highest BCUT2D eigenvalue weighted by molar-refractivity contribution is 6.28. The van der Waals surface area contributed by atoms with E-state index in [1.165, 1.54) is 0 Å². The number of imidazole rings is 2. The Kier molecular flexibility index (Phi) is 13.4. The minimum Gasteiger partial charge on any atom is -0.345 e. The molecule has 6 heterocycles. The Balaban J connectivity index is 0.000000170. The number of carbonyl (C=O) groups is 2. The number of hydrogen-bond acceptors (Lipinski definition) is 11. The monoisotopic (exact) mass is 838 g/mol. The average Bonchev–Trinajstić information content (AvgIpc) is 4.00. The first-order chi connectivity index (χ1) is 29.3. The highest BCUT2D eigenvalue weighted by atomic mass is 35.5. The molecule has 0 saturated carbocycles. The topological polar surface area (TPSA) is 173 Å². The molecule has 0 spiro atoms. The van der Waals surface area contributed by atoms with E-state index < -0.39 is 0 Å². The van der Waals surface area contributed by atoms with E-state index in [0.717, 1.165) is 35.0 Å². The minimum atomic E-state index is -0.256. The van der Waals surface area contributed by atoms with Gasteiger partial charge in [0.25, 0.3) is 0 Å². The summed E-state index contributed by atoms with van der Waals surface area (Å²) in [6, 6.07) is 16.5. The number of anilines is 4. The van der Waals surface area contributed by atoms with Gasteiger partial charge < -0.3 is 24.6 Å². The van der Waals surface area contributed by atoms with E-state index in [0.29, 0.717) is 40.8 Å². The summed E-state index contributed by atoms with van der Waals surface area (Å²) < 4.78 is 1.82. The fourth-order valence-corrected chi connectivity index (χ4v) is 7.46. The molecule has 6 aromatic rings. The molecular weight excluding hydrogens is 792 g/mol. The van der Waals surface area contributed by atoms with Crippen LogP contribution in [0.5, 0.6) is 0 Å². The van der Waals surface area contributed by atoms with Crippen molar-refractivity contribution in [3.8, 4) is 34.8 Å². The summed E-state index contributed by atoms with van der Waals surface area (Å²) in [6.45, 7) is 19.3. The van der Waals surface area contributed by atoms with Gasteiger partial charge in [0.05, 0.1) is 30.6 Å². The van der Waals surface area contributed by atoms with Crippen molar-refractivity contribution in [3.05, 3.63) is 108 Å². The summed E-state index contributed by atoms with van der Waals surface area (Å²) in [5, 5.41) is 8.79. The van der Waals surface area contributed by atoms with Gasteiger partial charge >= 0.3 is 0 Å². The number of benzene rings is 2. The molecule has 16 nitrogen and oxygen atoms in total. The van der Waals surface area contributed by atoms with Gasteiger partial charge in [0.1, 0.15) is 35.1 Å². The van der Waals surface area contributed by atoms with Gasteiger partial charge in [-0.1, -0.05) is 38.1 Å². The van der Waals surface area contributed by atoms with Crippen LogP contribution < -0.4 is 19.6 Å². The maximum absolute atomic E-state index is 12.8. The quantitative estimate of drug-likeness (QED) is 0.122. The van der Waals surface area contributed by atoms with E-state index in [1.807, 2.05) is 67.6 Å². The Morgan fingerprint density at radius 3 is 1.85 bits per heavy atom. The molecule has 4 aromatic heterocycles. The molecule has 0 saturated heterocycles. The molecule has 17 heteroatoms. The lowest BCUT2D eigenvalue weighted by atomic mass is 10.1. The number of nitrogens with one attached hydrogen (secondary N) is 1. The number of aromatic nitrogens is 8. The van der Waals surface area contributed by atoms with E-state index in [1.54, 1.807) is 79.1 Å². The first-order valence-corrected chi connectivity index (χ1v) is 20.2. The van der Waals surface area contributed by atoms with Crippen LogP contribution in [0.2, 0.25) is 5.28 Å². The highest BCUT2D eigenvalue weighted by Gasteiger charge is 2.39. The Labute approximate surface area is 360 Å². The van der Waals surface area contributed by atoms with Gasteiger partial charge in [0.2, 0.25) is 23.0 Å². The van der Waals surface area contributed by atoms with Crippen molar-refractivity contribution in [2.45, 2.75) is 78.6 Å². The number of likely N-dealkylation sites (N-methyl/N-ethyl adjacent to an activating group) is 2. The van der Waals surface area contributed by atoms with Crippen LogP contribution in [0, 0.1) is 17.9 Å². The smallest absolute Gasteiger partial charge is 0.249 e. The van der Waals surface area contributed by atoms with Crippen molar-refractivity contribution in [2.75, 3.05) is 33.7 Å². The van der Waals surface area contributed by atoms with Crippen LogP contribution in [0.15, 0.2) is 85.7 Å². The molecule has 61 heavy (non-hydrogen) atoms. The standard InChI is InChI=1S/C22H23N7O.C12H17ClN4O.C10H7N3/c1-6-17-21(30)27(5)18-13-25-22(26-20(18)29(17)14(2)3)28-12-11-24-19(28)15-7-9-16(23-4)10-8-15;1-5-8-11(18)16(4)9-6-14-12(13)15-10(9)17(8)7(2)3;11-7-8-1-3-9(4-2-8)10-12-5-6-13-10/h7-14,17H,6H2,1-3,5H3;6-8H,5H2,1-4H3;1-6H,(H,12,13)/t17-;8-;/m11./s1. The molecule has 0 bridgehead atoms. The Hall–Kier alpha value is -7.17. The molecule has 2 aliphatic rings. The molecule has 0 radical (unpaired) electrons. The number of nitrogens with zero attached hydrogens (tertiary/aromatic N) is 13. The maximum Gasteiger partial charge on any atom is 0.249 e. The van der Waals surface area contributed by atoms with Gasteiger partial charge in [0, 0.05) is 62.1 Å². The number of nitriles is 1. The van der Waals surface area contributed by atoms with Crippen molar-refractivity contribution >= 4 is 52.1 Å². The molecular formula is C44H47ClN14O2. The third kappa shape index (κ3) is 8.90. The van der Waals surface area contributed by atoms with Gasteiger partial charge in [0.15, 0.2) is 17.3 Å². The van der Waals surface area contributed by atoms with Crippen molar-refractivity contribution in [3.63, 3.8) is 0 Å². The van der Waals surface area contributed by atoms with Crippen LogP contribution in [0.4, 0.5) is 28.7 Å². The number of aromatic amines is 1. The third-order valence-electron chi connectivity index (χ3n) is 10.4.